The maximum Gasteiger partial charge on any atom is 0.230 e. The molecule has 2 aliphatic rings. The highest BCUT2D eigenvalue weighted by Crippen LogP contribution is 2.40. The Kier molecular flexibility index (Phi) is 4.54. The number of piperidine rings is 1. The van der Waals surface area contributed by atoms with Gasteiger partial charge < -0.3 is 10.6 Å². The van der Waals surface area contributed by atoms with E-state index in [0.717, 1.165) is 56.9 Å². The van der Waals surface area contributed by atoms with Crippen molar-refractivity contribution in [2.45, 2.75) is 65.3 Å². The molecule has 1 saturated carbocycles. The van der Waals surface area contributed by atoms with E-state index in [1.807, 2.05) is 0 Å². The minimum absolute atomic E-state index is 0.249. The highest BCUT2D eigenvalue weighted by atomic mass is 16.2. The zero-order valence-corrected chi connectivity index (χ0v) is 12.8. The van der Waals surface area contributed by atoms with Crippen molar-refractivity contribution in [3.05, 3.63) is 0 Å². The Morgan fingerprint density at radius 1 is 1.16 bits per heavy atom. The van der Waals surface area contributed by atoms with Gasteiger partial charge in [-0.15, -0.1) is 0 Å². The van der Waals surface area contributed by atoms with E-state index in [9.17, 15) is 4.79 Å². The highest BCUT2D eigenvalue weighted by Gasteiger charge is 2.44. The molecule has 2 atom stereocenters. The van der Waals surface area contributed by atoms with E-state index >= 15 is 0 Å². The van der Waals surface area contributed by atoms with Gasteiger partial charge in [0.25, 0.3) is 0 Å². The summed E-state index contributed by atoms with van der Waals surface area (Å²) in [7, 11) is 0. The molecule has 2 rings (SSSR count). The van der Waals surface area contributed by atoms with Crippen LogP contribution in [0.15, 0.2) is 0 Å². The van der Waals surface area contributed by atoms with Crippen molar-refractivity contribution >= 4 is 5.91 Å². The van der Waals surface area contributed by atoms with Gasteiger partial charge in [0.1, 0.15) is 0 Å². The van der Waals surface area contributed by atoms with Crippen molar-refractivity contribution in [3.63, 3.8) is 0 Å². The topological polar surface area (TPSA) is 46.3 Å². The van der Waals surface area contributed by atoms with Crippen molar-refractivity contribution in [1.82, 2.24) is 4.90 Å². The summed E-state index contributed by atoms with van der Waals surface area (Å²) in [5, 5.41) is 0. The third-order valence-corrected chi connectivity index (χ3v) is 5.47. The first-order valence-corrected chi connectivity index (χ1v) is 7.99. The van der Waals surface area contributed by atoms with Gasteiger partial charge in [-0.3, -0.25) is 4.79 Å². The van der Waals surface area contributed by atoms with Gasteiger partial charge in [0.2, 0.25) is 5.91 Å². The largest absolute Gasteiger partial charge is 0.339 e. The van der Waals surface area contributed by atoms with E-state index in [0.29, 0.717) is 18.5 Å². The first-order valence-electron chi connectivity index (χ1n) is 7.99. The predicted molar refractivity (Wildman–Crippen MR) is 78.7 cm³/mol. The maximum absolute atomic E-state index is 13.0. The Bertz CT molecular complexity index is 321. The second kappa shape index (κ2) is 5.82. The summed E-state index contributed by atoms with van der Waals surface area (Å²) in [6.45, 7) is 8.23. The number of amides is 1. The Labute approximate surface area is 117 Å². The first kappa shape index (κ1) is 14.8. The SMILES string of the molecule is CC1CCC(CN)(C(=O)N2CCC(C)CC2C)CC1. The Morgan fingerprint density at radius 3 is 2.32 bits per heavy atom. The second-order valence-electron chi connectivity index (χ2n) is 7.14. The average molecular weight is 266 g/mol. The molecule has 1 aliphatic heterocycles. The standard InChI is InChI=1S/C16H30N2O/c1-12-4-7-16(11-17,8-5-12)15(19)18-9-6-13(2)10-14(18)3/h12-14H,4-11,17H2,1-3H3. The van der Waals surface area contributed by atoms with Crippen LogP contribution >= 0.6 is 0 Å². The maximum atomic E-state index is 13.0. The fourth-order valence-electron chi connectivity index (χ4n) is 3.83. The van der Waals surface area contributed by atoms with Gasteiger partial charge in [-0.2, -0.15) is 0 Å². The molecule has 0 aromatic carbocycles. The molecule has 1 heterocycles. The van der Waals surface area contributed by atoms with Gasteiger partial charge in [-0.05, 0) is 57.3 Å². The van der Waals surface area contributed by atoms with Crippen LogP contribution in [0.3, 0.4) is 0 Å². The smallest absolute Gasteiger partial charge is 0.230 e. The van der Waals surface area contributed by atoms with Crippen LogP contribution in [0.2, 0.25) is 0 Å². The van der Waals surface area contributed by atoms with Crippen LogP contribution in [0, 0.1) is 17.3 Å². The summed E-state index contributed by atoms with van der Waals surface area (Å²) in [6.07, 6.45) is 6.57. The number of rotatable bonds is 2. The lowest BCUT2D eigenvalue weighted by Crippen LogP contribution is -2.54. The molecule has 0 radical (unpaired) electrons. The summed E-state index contributed by atoms with van der Waals surface area (Å²) in [6, 6.07) is 0.388. The van der Waals surface area contributed by atoms with Crippen LogP contribution in [0.25, 0.3) is 0 Å². The summed E-state index contributed by atoms with van der Waals surface area (Å²) in [5.41, 5.74) is 5.77. The van der Waals surface area contributed by atoms with Crippen LogP contribution in [0.1, 0.15) is 59.3 Å². The fourth-order valence-corrected chi connectivity index (χ4v) is 3.83. The van der Waals surface area contributed by atoms with Crippen molar-refractivity contribution in [2.24, 2.45) is 23.0 Å². The highest BCUT2D eigenvalue weighted by molar-refractivity contribution is 5.83. The molecule has 3 heteroatoms. The first-order chi connectivity index (χ1) is 8.98. The molecule has 2 unspecified atom stereocenters. The lowest BCUT2D eigenvalue weighted by molar-refractivity contribution is -0.148. The second-order valence-corrected chi connectivity index (χ2v) is 7.14. The summed E-state index contributed by atoms with van der Waals surface area (Å²) >= 11 is 0. The molecule has 0 aromatic rings. The van der Waals surface area contributed by atoms with Crippen LogP contribution < -0.4 is 5.73 Å². The van der Waals surface area contributed by atoms with Gasteiger partial charge in [-0.25, -0.2) is 0 Å². The number of nitrogens with zero attached hydrogens (tertiary/aromatic N) is 1. The molecular formula is C16H30N2O. The summed E-state index contributed by atoms with van der Waals surface area (Å²) < 4.78 is 0. The predicted octanol–water partition coefficient (Wildman–Crippen LogP) is 2.79. The van der Waals surface area contributed by atoms with E-state index < -0.39 is 0 Å². The van der Waals surface area contributed by atoms with Crippen molar-refractivity contribution in [1.29, 1.82) is 0 Å². The minimum Gasteiger partial charge on any atom is -0.339 e. The molecule has 1 amide bonds. The van der Waals surface area contributed by atoms with Gasteiger partial charge in [0.15, 0.2) is 0 Å². The fraction of sp³-hybridized carbons (Fsp3) is 0.938. The van der Waals surface area contributed by atoms with E-state index in [4.69, 9.17) is 5.73 Å². The van der Waals surface area contributed by atoms with Gasteiger partial charge in [0.05, 0.1) is 5.41 Å². The van der Waals surface area contributed by atoms with Crippen molar-refractivity contribution in [2.75, 3.05) is 13.1 Å². The zero-order valence-electron chi connectivity index (χ0n) is 12.8. The van der Waals surface area contributed by atoms with Crippen LogP contribution in [0.4, 0.5) is 0 Å². The number of carbonyl (C=O) groups is 1. The lowest BCUT2D eigenvalue weighted by atomic mass is 9.69. The van der Waals surface area contributed by atoms with Crippen LogP contribution in [0.5, 0.6) is 0 Å². The molecule has 19 heavy (non-hydrogen) atoms. The van der Waals surface area contributed by atoms with E-state index in [1.54, 1.807) is 0 Å². The molecule has 2 fully saturated rings. The molecule has 0 spiro atoms. The van der Waals surface area contributed by atoms with Gasteiger partial charge in [0, 0.05) is 19.1 Å². The normalized spacial score (nSPS) is 40.2. The molecule has 1 saturated heterocycles. The van der Waals surface area contributed by atoms with Crippen LogP contribution in [-0.2, 0) is 4.79 Å². The number of nitrogens with two attached hydrogens (primary N) is 1. The molecule has 110 valence electrons. The number of likely N-dealkylation sites (tertiary alicyclic amines) is 1. The molecule has 2 N–H and O–H groups in total. The minimum atomic E-state index is -0.249. The molecule has 1 aliphatic carbocycles. The van der Waals surface area contributed by atoms with E-state index in [1.165, 1.54) is 0 Å². The third kappa shape index (κ3) is 2.96. The van der Waals surface area contributed by atoms with E-state index in [2.05, 4.69) is 25.7 Å². The van der Waals surface area contributed by atoms with Crippen molar-refractivity contribution < 1.29 is 4.79 Å². The van der Waals surface area contributed by atoms with Crippen LogP contribution in [-0.4, -0.2) is 29.9 Å². The average Bonchev–Trinajstić information content (AvgIpc) is 2.39. The molecule has 0 aromatic heterocycles. The van der Waals surface area contributed by atoms with E-state index in [-0.39, 0.29) is 5.41 Å². The molecule has 0 bridgehead atoms. The number of carbonyl (C=O) groups excluding carboxylic acids is 1. The Balaban J connectivity index is 2.08. The monoisotopic (exact) mass is 266 g/mol. The zero-order chi connectivity index (χ0) is 14.0. The summed E-state index contributed by atoms with van der Waals surface area (Å²) in [5.74, 6) is 1.85. The van der Waals surface area contributed by atoms with Gasteiger partial charge >= 0.3 is 0 Å². The lowest BCUT2D eigenvalue weighted by Gasteiger charge is -2.45. The molecular weight excluding hydrogens is 236 g/mol. The third-order valence-electron chi connectivity index (χ3n) is 5.47. The van der Waals surface area contributed by atoms with Crippen molar-refractivity contribution in [3.8, 4) is 0 Å². The Hall–Kier alpha value is -0.570. The van der Waals surface area contributed by atoms with Gasteiger partial charge in [-0.1, -0.05) is 13.8 Å². The number of hydrogen-bond acceptors (Lipinski definition) is 2. The Morgan fingerprint density at radius 2 is 1.79 bits per heavy atom. The summed E-state index contributed by atoms with van der Waals surface area (Å²) in [4.78, 5) is 15.1. The number of hydrogen-bond donors (Lipinski definition) is 1. The quantitative estimate of drug-likeness (QED) is 0.835. The molecule has 3 nitrogen and oxygen atoms in total.